The van der Waals surface area contributed by atoms with E-state index in [1.807, 2.05) is 18.2 Å². The fourth-order valence-electron chi connectivity index (χ4n) is 4.60. The summed E-state index contributed by atoms with van der Waals surface area (Å²) in [5.74, 6) is 0.118. The molecular weight excluding hydrogens is 400 g/mol. The number of carbonyl (C=O) groups excluding carboxylic acids is 1. The molecule has 5 rings (SSSR count). The number of carbonyl (C=O) groups is 1. The average molecular weight is 427 g/mol. The van der Waals surface area contributed by atoms with E-state index in [2.05, 4.69) is 46.6 Å². The van der Waals surface area contributed by atoms with Crippen LogP contribution < -0.4 is 5.32 Å². The minimum absolute atomic E-state index is 0.0973. The molecule has 0 aliphatic carbocycles. The van der Waals surface area contributed by atoms with Crippen molar-refractivity contribution < 1.29 is 9.53 Å². The van der Waals surface area contributed by atoms with Gasteiger partial charge in [-0.25, -0.2) is 4.98 Å². The van der Waals surface area contributed by atoms with E-state index in [0.717, 1.165) is 73.4 Å². The number of hydrogen-bond donors (Lipinski definition) is 1. The van der Waals surface area contributed by atoms with Gasteiger partial charge in [0, 0.05) is 43.6 Å². The first kappa shape index (κ1) is 20.6. The number of rotatable bonds is 4. The average Bonchev–Trinajstić information content (AvgIpc) is 3.10. The number of ether oxygens (including phenoxy) is 1. The number of pyridine rings is 1. The maximum absolute atomic E-state index is 11.6. The van der Waals surface area contributed by atoms with Gasteiger partial charge < -0.3 is 10.1 Å². The highest BCUT2D eigenvalue weighted by Gasteiger charge is 2.22. The van der Waals surface area contributed by atoms with Crippen LogP contribution in [0.15, 0.2) is 48.5 Å². The molecule has 6 heteroatoms. The summed E-state index contributed by atoms with van der Waals surface area (Å²) in [5.41, 5.74) is 5.72. The van der Waals surface area contributed by atoms with E-state index in [9.17, 15) is 10.1 Å². The summed E-state index contributed by atoms with van der Waals surface area (Å²) in [6, 6.07) is 18.6. The molecule has 2 fully saturated rings. The monoisotopic (exact) mass is 426 g/mol. The third kappa shape index (κ3) is 4.36. The Kier molecular flexibility index (Phi) is 5.85. The second-order valence-electron chi connectivity index (χ2n) is 8.53. The quantitative estimate of drug-likeness (QED) is 0.684. The Hall–Kier alpha value is -3.27. The Balaban J connectivity index is 1.50. The highest BCUT2D eigenvalue weighted by Crippen LogP contribution is 2.29. The van der Waals surface area contributed by atoms with Crippen molar-refractivity contribution in [3.8, 4) is 17.3 Å². The molecule has 162 valence electrons. The van der Waals surface area contributed by atoms with Crippen molar-refractivity contribution >= 4 is 16.8 Å². The summed E-state index contributed by atoms with van der Waals surface area (Å²) < 4.78 is 5.62. The first-order chi connectivity index (χ1) is 15.7. The lowest BCUT2D eigenvalue weighted by molar-refractivity contribution is -0.119. The van der Waals surface area contributed by atoms with Gasteiger partial charge >= 0.3 is 0 Å². The van der Waals surface area contributed by atoms with Gasteiger partial charge in [0.05, 0.1) is 35.5 Å². The third-order valence-corrected chi connectivity index (χ3v) is 6.34. The van der Waals surface area contributed by atoms with E-state index >= 15 is 0 Å². The zero-order chi connectivity index (χ0) is 21.9. The van der Waals surface area contributed by atoms with Crippen LogP contribution in [0.3, 0.4) is 0 Å². The van der Waals surface area contributed by atoms with Crippen molar-refractivity contribution in [2.75, 3.05) is 26.3 Å². The summed E-state index contributed by atoms with van der Waals surface area (Å²) in [6.07, 6.45) is 2.46. The van der Waals surface area contributed by atoms with Crippen LogP contribution in [0, 0.1) is 11.3 Å². The Morgan fingerprint density at radius 2 is 2.00 bits per heavy atom. The summed E-state index contributed by atoms with van der Waals surface area (Å²) in [5, 5.41) is 13.5. The van der Waals surface area contributed by atoms with Gasteiger partial charge in [0.25, 0.3) is 0 Å². The number of nitriles is 1. The van der Waals surface area contributed by atoms with E-state index in [1.54, 1.807) is 0 Å². The molecule has 0 saturated carbocycles. The lowest BCUT2D eigenvalue weighted by Crippen LogP contribution is -2.26. The van der Waals surface area contributed by atoms with Crippen LogP contribution in [0.25, 0.3) is 22.2 Å². The number of aromatic nitrogens is 1. The highest BCUT2D eigenvalue weighted by atomic mass is 16.5. The molecule has 1 unspecified atom stereocenters. The molecule has 0 spiro atoms. The Labute approximate surface area is 187 Å². The minimum Gasteiger partial charge on any atom is -0.380 e. The second kappa shape index (κ2) is 9.07. The first-order valence-corrected chi connectivity index (χ1v) is 11.2. The predicted octanol–water partition coefficient (Wildman–Crippen LogP) is 3.95. The lowest BCUT2D eigenvalue weighted by Gasteiger charge is -2.21. The molecule has 6 nitrogen and oxygen atoms in total. The van der Waals surface area contributed by atoms with Crippen LogP contribution in [-0.4, -0.2) is 42.1 Å². The van der Waals surface area contributed by atoms with E-state index in [-0.39, 0.29) is 11.9 Å². The summed E-state index contributed by atoms with van der Waals surface area (Å²) in [6.45, 7) is 4.33. The van der Waals surface area contributed by atoms with Gasteiger partial charge in [-0.3, -0.25) is 9.69 Å². The summed E-state index contributed by atoms with van der Waals surface area (Å²) in [4.78, 5) is 18.9. The van der Waals surface area contributed by atoms with Crippen molar-refractivity contribution in [3.05, 3.63) is 65.2 Å². The van der Waals surface area contributed by atoms with Gasteiger partial charge in [0.15, 0.2) is 0 Å². The van der Waals surface area contributed by atoms with Crippen molar-refractivity contribution in [3.63, 3.8) is 0 Å². The molecular formula is C26H26N4O2. The number of amides is 1. The zero-order valence-corrected chi connectivity index (χ0v) is 18.0. The lowest BCUT2D eigenvalue weighted by atomic mass is 9.99. The number of nitrogens with one attached hydrogen (secondary N) is 1. The molecule has 0 radical (unpaired) electrons. The van der Waals surface area contributed by atoms with E-state index in [0.29, 0.717) is 12.0 Å². The molecule has 0 bridgehead atoms. The molecule has 32 heavy (non-hydrogen) atoms. The molecule has 1 N–H and O–H groups in total. The number of benzene rings is 2. The van der Waals surface area contributed by atoms with Crippen molar-refractivity contribution in [1.82, 2.24) is 15.2 Å². The highest BCUT2D eigenvalue weighted by molar-refractivity contribution is 5.86. The second-order valence-corrected chi connectivity index (χ2v) is 8.53. The van der Waals surface area contributed by atoms with Crippen LogP contribution in [0.2, 0.25) is 0 Å². The minimum atomic E-state index is 0.0973. The van der Waals surface area contributed by atoms with Gasteiger partial charge in [-0.1, -0.05) is 30.3 Å². The molecule has 2 saturated heterocycles. The van der Waals surface area contributed by atoms with E-state index < -0.39 is 0 Å². The van der Waals surface area contributed by atoms with Crippen LogP contribution in [0.4, 0.5) is 0 Å². The molecule has 3 aromatic rings. The standard InChI is InChI=1S/C26H26N4O2/c27-16-18-2-7-22-21(17-30-10-1-12-32-13-11-30)15-24(28-25(22)14-18)20-5-3-19(4-6-20)23-8-9-26(31)29-23/h2-7,14-15,23H,1,8-13,17H2,(H,29,31). The van der Waals surface area contributed by atoms with Gasteiger partial charge in [-0.15, -0.1) is 0 Å². The topological polar surface area (TPSA) is 78.2 Å². The number of hydrogen-bond acceptors (Lipinski definition) is 5. The van der Waals surface area contributed by atoms with Crippen LogP contribution >= 0.6 is 0 Å². The zero-order valence-electron chi connectivity index (χ0n) is 18.0. The molecule has 1 amide bonds. The predicted molar refractivity (Wildman–Crippen MR) is 123 cm³/mol. The maximum atomic E-state index is 11.6. The molecule has 3 heterocycles. The number of fused-ring (bicyclic) bond motifs is 1. The van der Waals surface area contributed by atoms with Gasteiger partial charge in [-0.2, -0.15) is 5.26 Å². The normalized spacial score (nSPS) is 19.5. The SMILES string of the molecule is N#Cc1ccc2c(CN3CCCOCC3)cc(-c3ccc(C4CCC(=O)N4)cc3)nc2c1. The molecule has 1 atom stereocenters. The van der Waals surface area contributed by atoms with Gasteiger partial charge in [-0.05, 0) is 42.2 Å². The fourth-order valence-corrected chi connectivity index (χ4v) is 4.60. The summed E-state index contributed by atoms with van der Waals surface area (Å²) in [7, 11) is 0. The third-order valence-electron chi connectivity index (χ3n) is 6.34. The molecule has 1 aromatic heterocycles. The Bertz CT molecular complexity index is 1170. The molecule has 2 aliphatic rings. The van der Waals surface area contributed by atoms with Crippen molar-refractivity contribution in [1.29, 1.82) is 5.26 Å². The molecule has 2 aliphatic heterocycles. The van der Waals surface area contributed by atoms with Crippen LogP contribution in [0.5, 0.6) is 0 Å². The Morgan fingerprint density at radius 1 is 1.12 bits per heavy atom. The van der Waals surface area contributed by atoms with Gasteiger partial charge in [0.1, 0.15) is 0 Å². The number of nitrogens with zero attached hydrogens (tertiary/aromatic N) is 3. The van der Waals surface area contributed by atoms with E-state index in [4.69, 9.17) is 9.72 Å². The van der Waals surface area contributed by atoms with Crippen molar-refractivity contribution in [2.24, 2.45) is 0 Å². The largest absolute Gasteiger partial charge is 0.380 e. The fraction of sp³-hybridized carbons (Fsp3) is 0.346. The maximum Gasteiger partial charge on any atom is 0.220 e. The molecule has 2 aromatic carbocycles. The van der Waals surface area contributed by atoms with Crippen LogP contribution in [0.1, 0.15) is 42.0 Å². The van der Waals surface area contributed by atoms with Crippen LogP contribution in [-0.2, 0) is 16.1 Å². The van der Waals surface area contributed by atoms with E-state index in [1.165, 1.54) is 5.56 Å². The first-order valence-electron chi connectivity index (χ1n) is 11.2. The van der Waals surface area contributed by atoms with Crippen molar-refractivity contribution in [2.45, 2.75) is 31.8 Å². The van der Waals surface area contributed by atoms with Gasteiger partial charge in [0.2, 0.25) is 5.91 Å². The smallest absolute Gasteiger partial charge is 0.220 e. The summed E-state index contributed by atoms with van der Waals surface area (Å²) >= 11 is 0. The Morgan fingerprint density at radius 3 is 2.78 bits per heavy atom.